The van der Waals surface area contributed by atoms with E-state index in [4.69, 9.17) is 29.7 Å². The van der Waals surface area contributed by atoms with Gasteiger partial charge in [-0.25, -0.2) is 27.8 Å². The van der Waals surface area contributed by atoms with Gasteiger partial charge in [-0.15, -0.1) is 0 Å². The number of likely N-dealkylation sites (N-methyl/N-ethyl adjacent to an activating group) is 1. The number of hydrogen-bond acceptors (Lipinski definition) is 8. The van der Waals surface area contributed by atoms with E-state index < -0.39 is 46.5 Å². The molecular weight excluding hydrogens is 665 g/mol. The topological polar surface area (TPSA) is 183 Å². The molecule has 1 saturated heterocycles. The number of carbonyl (C=O) groups is 3. The van der Waals surface area contributed by atoms with Crippen molar-refractivity contribution in [2.75, 3.05) is 20.6 Å². The molecule has 2 aromatic rings. The standard InChI is InChI=1S/C16H23N5O2S.3C2HF3O2/c1-19(2)14-6-8-21(15(14)9-13-5-4-7-17-10-13)24(22,23)16-11-20(3)12-18-16;3*3-2(4,5)1(6)7/h4-5,7,10-12,14-15H,6,8-9H2,1-3H3;3*(H,6,7)/t14-,15+;;;/m1.../s1. The summed E-state index contributed by atoms with van der Waals surface area (Å²) in [7, 11) is 2.17. The van der Waals surface area contributed by atoms with Crippen molar-refractivity contribution >= 4 is 27.9 Å². The predicted molar refractivity (Wildman–Crippen MR) is 132 cm³/mol. The van der Waals surface area contributed by atoms with Gasteiger partial charge in [0.1, 0.15) is 0 Å². The van der Waals surface area contributed by atoms with Crippen LogP contribution in [0.3, 0.4) is 0 Å². The average Bonchev–Trinajstić information content (AvgIpc) is 3.51. The van der Waals surface area contributed by atoms with Gasteiger partial charge in [0.25, 0.3) is 10.0 Å². The van der Waals surface area contributed by atoms with Crippen LogP contribution >= 0.6 is 0 Å². The van der Waals surface area contributed by atoms with Gasteiger partial charge >= 0.3 is 36.4 Å². The van der Waals surface area contributed by atoms with Crippen LogP contribution in [-0.4, -0.2) is 117 Å². The fraction of sp³-hybridized carbons (Fsp3) is 0.500. The molecule has 0 amide bonds. The molecule has 3 N–H and O–H groups in total. The molecule has 0 bridgehead atoms. The molecule has 0 aliphatic carbocycles. The quantitative estimate of drug-likeness (QED) is 0.392. The molecule has 3 rings (SSSR count). The van der Waals surface area contributed by atoms with Crippen LogP contribution in [0.1, 0.15) is 12.0 Å². The summed E-state index contributed by atoms with van der Waals surface area (Å²) >= 11 is 0. The third kappa shape index (κ3) is 14.1. The monoisotopic (exact) mass is 691 g/mol. The van der Waals surface area contributed by atoms with Crippen molar-refractivity contribution < 1.29 is 77.6 Å². The number of pyridine rings is 1. The van der Waals surface area contributed by atoms with Crippen molar-refractivity contribution in [3.05, 3.63) is 42.6 Å². The zero-order chi connectivity index (χ0) is 35.6. The van der Waals surface area contributed by atoms with E-state index in [1.807, 2.05) is 26.2 Å². The number of halogens is 9. The van der Waals surface area contributed by atoms with Gasteiger partial charge in [0.2, 0.25) is 0 Å². The van der Waals surface area contributed by atoms with E-state index in [-0.39, 0.29) is 17.1 Å². The van der Waals surface area contributed by atoms with Gasteiger partial charge in [0.15, 0.2) is 5.03 Å². The molecule has 0 aromatic carbocycles. The Morgan fingerprint density at radius 3 is 1.69 bits per heavy atom. The molecule has 3 heterocycles. The molecule has 1 aliphatic rings. The zero-order valence-corrected chi connectivity index (χ0v) is 24.0. The lowest BCUT2D eigenvalue weighted by Crippen LogP contribution is -2.45. The number of carboxylic acid groups (broad SMARTS) is 3. The van der Waals surface area contributed by atoms with E-state index in [1.165, 1.54) is 6.33 Å². The van der Waals surface area contributed by atoms with E-state index in [2.05, 4.69) is 14.9 Å². The zero-order valence-electron chi connectivity index (χ0n) is 23.2. The van der Waals surface area contributed by atoms with Crippen LogP contribution in [0.25, 0.3) is 0 Å². The Hall–Kier alpha value is -3.99. The number of hydrogen-bond donors (Lipinski definition) is 3. The van der Waals surface area contributed by atoms with E-state index >= 15 is 0 Å². The minimum atomic E-state index is -5.08. The third-order valence-electron chi connectivity index (χ3n) is 5.27. The predicted octanol–water partition coefficient (Wildman–Crippen LogP) is 2.65. The maximum Gasteiger partial charge on any atom is 0.490 e. The van der Waals surface area contributed by atoms with Crippen LogP contribution < -0.4 is 0 Å². The Morgan fingerprint density at radius 2 is 1.38 bits per heavy atom. The van der Waals surface area contributed by atoms with Crippen molar-refractivity contribution in [2.45, 2.75) is 48.5 Å². The van der Waals surface area contributed by atoms with Crippen LogP contribution in [0, 0.1) is 0 Å². The summed E-state index contributed by atoms with van der Waals surface area (Å²) in [4.78, 5) is 37.0. The van der Waals surface area contributed by atoms with Crippen molar-refractivity contribution in [2.24, 2.45) is 7.05 Å². The number of carboxylic acids is 3. The van der Waals surface area contributed by atoms with Gasteiger partial charge in [-0.2, -0.15) is 43.8 Å². The molecule has 23 heteroatoms. The summed E-state index contributed by atoms with van der Waals surface area (Å²) in [6.45, 7) is 0.507. The summed E-state index contributed by atoms with van der Waals surface area (Å²) in [6, 6.07) is 3.91. The molecule has 0 spiro atoms. The number of rotatable bonds is 5. The van der Waals surface area contributed by atoms with E-state index in [0.717, 1.165) is 12.0 Å². The van der Waals surface area contributed by atoms with Crippen LogP contribution in [0.2, 0.25) is 0 Å². The molecule has 2 atom stereocenters. The third-order valence-corrected chi connectivity index (χ3v) is 7.08. The molecule has 2 aromatic heterocycles. The van der Waals surface area contributed by atoms with E-state index in [9.17, 15) is 47.9 Å². The Kier molecular flexibility index (Phi) is 14.9. The smallest absolute Gasteiger partial charge is 0.475 e. The second kappa shape index (κ2) is 16.4. The molecule has 1 aliphatic heterocycles. The summed E-state index contributed by atoms with van der Waals surface area (Å²) in [5.74, 6) is -8.27. The van der Waals surface area contributed by atoms with Crippen LogP contribution in [0.5, 0.6) is 0 Å². The summed E-state index contributed by atoms with van der Waals surface area (Å²) in [6.07, 6.45) is -7.20. The fourth-order valence-corrected chi connectivity index (χ4v) is 4.99. The van der Waals surface area contributed by atoms with Gasteiger partial charge in [-0.05, 0) is 38.6 Å². The highest BCUT2D eigenvalue weighted by molar-refractivity contribution is 7.89. The second-order valence-electron chi connectivity index (χ2n) is 8.85. The van der Waals surface area contributed by atoms with Crippen molar-refractivity contribution in [3.63, 3.8) is 0 Å². The first-order valence-corrected chi connectivity index (χ1v) is 13.1. The number of aromatic nitrogens is 3. The highest BCUT2D eigenvalue weighted by Crippen LogP contribution is 2.30. The van der Waals surface area contributed by atoms with Crippen molar-refractivity contribution in [1.29, 1.82) is 0 Å². The summed E-state index contributed by atoms with van der Waals surface area (Å²) in [5.41, 5.74) is 1.04. The summed E-state index contributed by atoms with van der Waals surface area (Å²) in [5, 5.41) is 21.5. The number of sulfonamides is 1. The van der Waals surface area contributed by atoms with Gasteiger partial charge in [-0.1, -0.05) is 6.07 Å². The number of alkyl halides is 9. The van der Waals surface area contributed by atoms with Crippen LogP contribution in [0.15, 0.2) is 42.1 Å². The van der Waals surface area contributed by atoms with E-state index in [1.54, 1.807) is 34.5 Å². The highest BCUT2D eigenvalue weighted by Gasteiger charge is 2.43. The summed E-state index contributed by atoms with van der Waals surface area (Å²) < 4.78 is 125. The number of imidazole rings is 1. The Labute approximate surface area is 248 Å². The number of nitrogens with zero attached hydrogens (tertiary/aromatic N) is 5. The van der Waals surface area contributed by atoms with Crippen LogP contribution in [-0.2, 0) is 37.9 Å². The lowest BCUT2D eigenvalue weighted by molar-refractivity contribution is -0.193. The first-order chi connectivity index (χ1) is 20.2. The molecule has 1 fully saturated rings. The number of aryl methyl sites for hydroxylation is 1. The lowest BCUT2D eigenvalue weighted by Gasteiger charge is -2.30. The average molecular weight is 692 g/mol. The van der Waals surface area contributed by atoms with E-state index in [0.29, 0.717) is 13.0 Å². The molecule has 45 heavy (non-hydrogen) atoms. The van der Waals surface area contributed by atoms with Crippen molar-refractivity contribution in [1.82, 2.24) is 23.7 Å². The first kappa shape index (κ1) is 41.0. The van der Waals surface area contributed by atoms with Gasteiger partial charge in [-0.3, -0.25) is 4.98 Å². The molecular formula is C22H26F9N5O8S. The molecule has 0 radical (unpaired) electrons. The Balaban J connectivity index is 0.000000753. The largest absolute Gasteiger partial charge is 0.490 e. The Bertz CT molecular complexity index is 1310. The first-order valence-electron chi connectivity index (χ1n) is 11.7. The number of aliphatic carboxylic acids is 3. The highest BCUT2D eigenvalue weighted by atomic mass is 32.2. The minimum absolute atomic E-state index is 0.112. The minimum Gasteiger partial charge on any atom is -0.475 e. The maximum absolute atomic E-state index is 13.0. The molecule has 13 nitrogen and oxygen atoms in total. The normalized spacial score (nSPS) is 17.2. The van der Waals surface area contributed by atoms with Gasteiger partial charge in [0.05, 0.1) is 6.33 Å². The van der Waals surface area contributed by atoms with Crippen molar-refractivity contribution in [3.8, 4) is 0 Å². The Morgan fingerprint density at radius 1 is 0.933 bits per heavy atom. The maximum atomic E-state index is 13.0. The SMILES string of the molecule is CN(C)[C@@H]1CCN(S(=O)(=O)c2cn(C)cn2)[C@H]1Cc1cccnc1.O=C(O)C(F)(F)F.O=C(O)C(F)(F)F.O=C(O)C(F)(F)F. The molecule has 256 valence electrons. The van der Waals surface area contributed by atoms with Gasteiger partial charge < -0.3 is 24.8 Å². The second-order valence-corrected chi connectivity index (χ2v) is 10.7. The lowest BCUT2D eigenvalue weighted by atomic mass is 10.0. The fourth-order valence-electron chi connectivity index (χ4n) is 3.35. The van der Waals surface area contributed by atoms with Gasteiger partial charge in [0, 0.05) is 44.3 Å². The van der Waals surface area contributed by atoms with Crippen LogP contribution in [0.4, 0.5) is 39.5 Å². The molecule has 0 unspecified atom stereocenters. The molecule has 0 saturated carbocycles.